The van der Waals surface area contributed by atoms with E-state index in [1.54, 1.807) is 6.07 Å². The molecule has 0 saturated carbocycles. The molecule has 1 aromatic carbocycles. The minimum absolute atomic E-state index is 0.228. The Morgan fingerprint density at radius 2 is 1.76 bits per heavy atom. The molecule has 0 aliphatic carbocycles. The van der Waals surface area contributed by atoms with Crippen LogP contribution in [0, 0.1) is 5.82 Å². The van der Waals surface area contributed by atoms with E-state index in [9.17, 15) is 17.6 Å². The molecule has 0 fully saturated rings. The molecule has 2 aromatic rings. The largest absolute Gasteiger partial charge is 0.310 e. The van der Waals surface area contributed by atoms with E-state index in [1.807, 2.05) is 20.8 Å². The third-order valence-electron chi connectivity index (χ3n) is 3.94. The van der Waals surface area contributed by atoms with Crippen molar-refractivity contribution >= 4 is 21.6 Å². The Morgan fingerprint density at radius 1 is 1.16 bits per heavy atom. The molecule has 136 valence electrons. The van der Waals surface area contributed by atoms with Crippen LogP contribution in [-0.2, 0) is 20.0 Å². The Kier molecular flexibility index (Phi) is 4.78. The van der Waals surface area contributed by atoms with Crippen molar-refractivity contribution in [2.45, 2.75) is 49.7 Å². The monoisotopic (exact) mass is 367 g/mol. The van der Waals surface area contributed by atoms with Crippen LogP contribution >= 0.6 is 0 Å². The number of nitrogens with zero attached hydrogens (tertiary/aromatic N) is 1. The number of aromatic amines is 1. The zero-order chi connectivity index (χ0) is 19.0. The maximum atomic E-state index is 13.9. The first-order valence-corrected chi connectivity index (χ1v) is 9.22. The van der Waals surface area contributed by atoms with Gasteiger partial charge in [0, 0.05) is 11.5 Å². The Labute approximate surface area is 146 Å². The number of carbonyl (C=O) groups is 1. The minimum Gasteiger partial charge on any atom is -0.310 e. The average Bonchev–Trinajstić information content (AvgIpc) is 2.96. The SMILES string of the molecule is CC(C)(C)c1cc(NC(=O)C(C)(C)S(=O)(=O)c2ccccc2F)[nH]n1. The van der Waals surface area contributed by atoms with Crippen molar-refractivity contribution in [3.05, 3.63) is 41.8 Å². The quantitative estimate of drug-likeness (QED) is 0.869. The zero-order valence-corrected chi connectivity index (χ0v) is 15.7. The van der Waals surface area contributed by atoms with Crippen molar-refractivity contribution in [1.29, 1.82) is 0 Å². The minimum atomic E-state index is -4.23. The van der Waals surface area contributed by atoms with Crippen LogP contribution in [-0.4, -0.2) is 29.3 Å². The Balaban J connectivity index is 2.31. The lowest BCUT2D eigenvalue weighted by atomic mass is 9.92. The Bertz CT molecular complexity index is 896. The first-order chi connectivity index (χ1) is 11.4. The highest BCUT2D eigenvalue weighted by atomic mass is 32.2. The molecule has 0 spiro atoms. The van der Waals surface area contributed by atoms with E-state index in [2.05, 4.69) is 15.5 Å². The van der Waals surface area contributed by atoms with Crippen LogP contribution in [0.3, 0.4) is 0 Å². The summed E-state index contributed by atoms with van der Waals surface area (Å²) < 4.78 is 37.5. The van der Waals surface area contributed by atoms with Crippen LogP contribution < -0.4 is 5.32 Å². The fourth-order valence-electron chi connectivity index (χ4n) is 2.10. The Hall–Kier alpha value is -2.22. The molecule has 2 N–H and O–H groups in total. The van der Waals surface area contributed by atoms with Gasteiger partial charge in [-0.3, -0.25) is 9.89 Å². The molecule has 6 nitrogen and oxygen atoms in total. The van der Waals surface area contributed by atoms with Crippen LogP contribution in [0.2, 0.25) is 0 Å². The summed E-state index contributed by atoms with van der Waals surface area (Å²) in [6.07, 6.45) is 0. The summed E-state index contributed by atoms with van der Waals surface area (Å²) in [6.45, 7) is 8.36. The molecule has 0 bridgehead atoms. The summed E-state index contributed by atoms with van der Waals surface area (Å²) in [5.41, 5.74) is 0.492. The maximum absolute atomic E-state index is 13.9. The molecule has 1 heterocycles. The third-order valence-corrected chi connectivity index (χ3v) is 6.38. The zero-order valence-electron chi connectivity index (χ0n) is 14.8. The first kappa shape index (κ1) is 19.1. The van der Waals surface area contributed by atoms with Gasteiger partial charge in [0.25, 0.3) is 0 Å². The lowest BCUT2D eigenvalue weighted by Gasteiger charge is -2.23. The van der Waals surface area contributed by atoms with E-state index in [4.69, 9.17) is 0 Å². The second-order valence-electron chi connectivity index (χ2n) is 7.32. The van der Waals surface area contributed by atoms with E-state index in [-0.39, 0.29) is 11.2 Å². The van der Waals surface area contributed by atoms with Crippen LogP contribution in [0.4, 0.5) is 10.2 Å². The second-order valence-corrected chi connectivity index (χ2v) is 9.78. The number of H-pyrrole nitrogens is 1. The van der Waals surface area contributed by atoms with Gasteiger partial charge in [-0.25, -0.2) is 12.8 Å². The number of aromatic nitrogens is 2. The molecule has 8 heteroatoms. The topological polar surface area (TPSA) is 91.9 Å². The number of rotatable bonds is 4. The molecule has 0 saturated heterocycles. The fourth-order valence-corrected chi connectivity index (χ4v) is 3.53. The van der Waals surface area contributed by atoms with Crippen LogP contribution in [0.5, 0.6) is 0 Å². The number of sulfone groups is 1. The van der Waals surface area contributed by atoms with Crippen molar-refractivity contribution < 1.29 is 17.6 Å². The molecular weight excluding hydrogens is 345 g/mol. The van der Waals surface area contributed by atoms with Gasteiger partial charge in [-0.1, -0.05) is 32.9 Å². The number of hydrogen-bond acceptors (Lipinski definition) is 4. The average molecular weight is 367 g/mol. The van der Waals surface area contributed by atoms with Crippen LogP contribution in [0.15, 0.2) is 35.2 Å². The highest BCUT2D eigenvalue weighted by Gasteiger charge is 2.44. The van der Waals surface area contributed by atoms with Gasteiger partial charge in [0.2, 0.25) is 5.91 Å². The molecular formula is C17H22FN3O3S. The third kappa shape index (κ3) is 3.58. The van der Waals surface area contributed by atoms with Crippen LogP contribution in [0.1, 0.15) is 40.3 Å². The predicted octanol–water partition coefficient (Wildman–Crippen LogP) is 3.04. The van der Waals surface area contributed by atoms with Gasteiger partial charge in [-0.05, 0) is 26.0 Å². The number of hydrogen-bond donors (Lipinski definition) is 2. The predicted molar refractivity (Wildman–Crippen MR) is 93.6 cm³/mol. The summed E-state index contributed by atoms with van der Waals surface area (Å²) in [5, 5.41) is 9.29. The molecule has 0 unspecified atom stereocenters. The highest BCUT2D eigenvalue weighted by molar-refractivity contribution is 7.93. The van der Waals surface area contributed by atoms with Gasteiger partial charge in [-0.2, -0.15) is 5.10 Å². The van der Waals surface area contributed by atoms with Gasteiger partial charge >= 0.3 is 0 Å². The summed E-state index contributed by atoms with van der Waals surface area (Å²) in [4.78, 5) is 12.1. The molecule has 0 atom stereocenters. The van der Waals surface area contributed by atoms with E-state index >= 15 is 0 Å². The van der Waals surface area contributed by atoms with Gasteiger partial charge < -0.3 is 5.32 Å². The number of benzene rings is 1. The van der Waals surface area contributed by atoms with Crippen molar-refractivity contribution in [2.24, 2.45) is 0 Å². The standard InChI is InChI=1S/C17H22FN3O3S/c1-16(2,3)13-10-14(21-20-13)19-15(22)17(4,5)25(23,24)12-9-7-6-8-11(12)18/h6-10H,1-5H3,(H2,19,20,21,22). The van der Waals surface area contributed by atoms with Crippen molar-refractivity contribution in [3.8, 4) is 0 Å². The van der Waals surface area contributed by atoms with E-state index in [0.717, 1.165) is 17.8 Å². The fraction of sp³-hybridized carbons (Fsp3) is 0.412. The van der Waals surface area contributed by atoms with E-state index in [0.29, 0.717) is 0 Å². The molecule has 2 rings (SSSR count). The molecule has 1 aromatic heterocycles. The van der Waals surface area contributed by atoms with Crippen LogP contribution in [0.25, 0.3) is 0 Å². The summed E-state index contributed by atoms with van der Waals surface area (Å²) >= 11 is 0. The molecule has 0 radical (unpaired) electrons. The smallest absolute Gasteiger partial charge is 0.246 e. The first-order valence-electron chi connectivity index (χ1n) is 7.74. The molecule has 0 aliphatic rings. The number of carbonyl (C=O) groups excluding carboxylic acids is 1. The lowest BCUT2D eigenvalue weighted by Crippen LogP contribution is -2.44. The lowest BCUT2D eigenvalue weighted by molar-refractivity contribution is -0.117. The van der Waals surface area contributed by atoms with Crippen molar-refractivity contribution in [3.63, 3.8) is 0 Å². The normalized spacial score (nSPS) is 12.9. The maximum Gasteiger partial charge on any atom is 0.246 e. The Morgan fingerprint density at radius 3 is 2.28 bits per heavy atom. The van der Waals surface area contributed by atoms with Gasteiger partial charge in [0.05, 0.1) is 5.69 Å². The highest BCUT2D eigenvalue weighted by Crippen LogP contribution is 2.29. The number of anilines is 1. The summed E-state index contributed by atoms with van der Waals surface area (Å²) in [7, 11) is -4.23. The van der Waals surface area contributed by atoms with Gasteiger partial charge in [-0.15, -0.1) is 0 Å². The summed E-state index contributed by atoms with van der Waals surface area (Å²) in [6, 6.07) is 6.64. The molecule has 25 heavy (non-hydrogen) atoms. The molecule has 0 aliphatic heterocycles. The number of halogens is 1. The number of nitrogens with one attached hydrogen (secondary N) is 2. The van der Waals surface area contributed by atoms with Gasteiger partial charge in [0.1, 0.15) is 21.3 Å². The second kappa shape index (κ2) is 6.25. The van der Waals surface area contributed by atoms with E-state index < -0.39 is 31.2 Å². The van der Waals surface area contributed by atoms with Crippen molar-refractivity contribution in [1.82, 2.24) is 10.2 Å². The number of amides is 1. The van der Waals surface area contributed by atoms with E-state index in [1.165, 1.54) is 26.0 Å². The van der Waals surface area contributed by atoms with Gasteiger partial charge in [0.15, 0.2) is 9.84 Å². The van der Waals surface area contributed by atoms with Crippen molar-refractivity contribution in [2.75, 3.05) is 5.32 Å². The molecule has 1 amide bonds. The summed E-state index contributed by atoms with van der Waals surface area (Å²) in [5.74, 6) is -1.38.